The number of hydrogen-bond donors (Lipinski definition) is 1. The van der Waals surface area contributed by atoms with E-state index in [-0.39, 0.29) is 5.54 Å². The molecule has 4 rings (SSSR count). The first-order valence-corrected chi connectivity index (χ1v) is 9.72. The summed E-state index contributed by atoms with van der Waals surface area (Å²) < 4.78 is 5.92. The van der Waals surface area contributed by atoms with Crippen LogP contribution in [0.5, 0.6) is 0 Å². The Hall–Kier alpha value is -2.04. The minimum absolute atomic E-state index is 0.160. The van der Waals surface area contributed by atoms with Gasteiger partial charge in [0.15, 0.2) is 0 Å². The molecule has 2 saturated heterocycles. The average Bonchev–Trinajstić information content (AvgIpc) is 2.69. The first kappa shape index (κ1) is 17.4. The summed E-state index contributed by atoms with van der Waals surface area (Å²) in [6.07, 6.45) is 3.40. The monoisotopic (exact) mass is 351 g/mol. The van der Waals surface area contributed by atoms with Crippen molar-refractivity contribution in [3.8, 4) is 0 Å². The number of para-hydroxylation sites is 1. The van der Waals surface area contributed by atoms with Crippen LogP contribution in [0, 0.1) is 0 Å². The minimum Gasteiger partial charge on any atom is -0.399 e. The maximum Gasteiger partial charge on any atom is 0.0700 e. The Kier molecular flexibility index (Phi) is 5.14. The molecule has 1 spiro atoms. The third kappa shape index (κ3) is 3.71. The largest absolute Gasteiger partial charge is 0.399 e. The fraction of sp³-hybridized carbons (Fsp3) is 0.455. The van der Waals surface area contributed by atoms with Crippen LogP contribution in [0.3, 0.4) is 0 Å². The summed E-state index contributed by atoms with van der Waals surface area (Å²) in [5, 5.41) is 0. The topological polar surface area (TPSA) is 41.7 Å². The van der Waals surface area contributed by atoms with Crippen molar-refractivity contribution in [2.24, 2.45) is 0 Å². The number of morpholine rings is 1. The molecular formula is C22H29N3O. The summed E-state index contributed by atoms with van der Waals surface area (Å²) in [7, 11) is 0. The molecule has 26 heavy (non-hydrogen) atoms. The molecule has 0 aliphatic carbocycles. The van der Waals surface area contributed by atoms with Crippen LogP contribution in [0.2, 0.25) is 0 Å². The summed E-state index contributed by atoms with van der Waals surface area (Å²) in [5.74, 6) is 0. The molecule has 0 aromatic heterocycles. The molecule has 2 fully saturated rings. The molecule has 2 aliphatic rings. The maximum absolute atomic E-state index is 5.92. The smallest absolute Gasteiger partial charge is 0.0700 e. The lowest BCUT2D eigenvalue weighted by Gasteiger charge is -2.52. The first-order valence-electron chi connectivity index (χ1n) is 9.72. The number of nitrogen functional groups attached to an aromatic ring is 1. The van der Waals surface area contributed by atoms with E-state index in [1.54, 1.807) is 0 Å². The van der Waals surface area contributed by atoms with Crippen molar-refractivity contribution in [2.75, 3.05) is 50.0 Å². The van der Waals surface area contributed by atoms with E-state index >= 15 is 0 Å². The van der Waals surface area contributed by atoms with Gasteiger partial charge in [-0.15, -0.1) is 0 Å². The molecule has 0 radical (unpaired) electrons. The number of piperidine rings is 1. The van der Waals surface area contributed by atoms with E-state index in [2.05, 4.69) is 52.3 Å². The summed E-state index contributed by atoms with van der Waals surface area (Å²) in [4.78, 5) is 5.19. The van der Waals surface area contributed by atoms with Crippen LogP contribution in [-0.4, -0.2) is 49.8 Å². The number of rotatable bonds is 4. The number of nitrogens with two attached hydrogens (primary N) is 1. The Balaban J connectivity index is 1.38. The molecule has 0 saturated carbocycles. The molecule has 2 aromatic rings. The van der Waals surface area contributed by atoms with E-state index in [1.165, 1.54) is 24.1 Å². The Bertz CT molecular complexity index is 710. The highest BCUT2D eigenvalue weighted by atomic mass is 16.5. The molecule has 0 atom stereocenters. The van der Waals surface area contributed by atoms with Gasteiger partial charge in [0, 0.05) is 37.6 Å². The van der Waals surface area contributed by atoms with E-state index < -0.39 is 0 Å². The van der Waals surface area contributed by atoms with E-state index in [0.29, 0.717) is 0 Å². The van der Waals surface area contributed by atoms with Crippen molar-refractivity contribution in [1.82, 2.24) is 4.90 Å². The summed E-state index contributed by atoms with van der Waals surface area (Å²) in [5.41, 5.74) is 9.59. The van der Waals surface area contributed by atoms with Gasteiger partial charge in [-0.05, 0) is 49.1 Å². The lowest BCUT2D eigenvalue weighted by Crippen LogP contribution is -2.62. The van der Waals surface area contributed by atoms with Crippen LogP contribution in [0.1, 0.15) is 18.4 Å². The lowest BCUT2D eigenvalue weighted by molar-refractivity contribution is 0.0165. The molecule has 0 amide bonds. The molecule has 2 heterocycles. The van der Waals surface area contributed by atoms with Crippen molar-refractivity contribution in [3.63, 3.8) is 0 Å². The molecule has 0 unspecified atom stereocenters. The van der Waals surface area contributed by atoms with Gasteiger partial charge in [0.05, 0.1) is 18.8 Å². The van der Waals surface area contributed by atoms with Crippen LogP contribution >= 0.6 is 0 Å². The van der Waals surface area contributed by atoms with Crippen LogP contribution < -0.4 is 10.6 Å². The highest BCUT2D eigenvalue weighted by Gasteiger charge is 2.42. The molecule has 2 aromatic carbocycles. The molecule has 4 heteroatoms. The van der Waals surface area contributed by atoms with Gasteiger partial charge in [0.1, 0.15) is 0 Å². The van der Waals surface area contributed by atoms with Crippen molar-refractivity contribution in [3.05, 3.63) is 60.2 Å². The highest BCUT2D eigenvalue weighted by molar-refractivity contribution is 5.50. The predicted octanol–water partition coefficient (Wildman–Crippen LogP) is 3.18. The van der Waals surface area contributed by atoms with Gasteiger partial charge in [-0.25, -0.2) is 0 Å². The van der Waals surface area contributed by atoms with E-state index in [0.717, 1.165) is 51.5 Å². The normalized spacial score (nSPS) is 20.4. The second-order valence-corrected chi connectivity index (χ2v) is 7.60. The Morgan fingerprint density at radius 3 is 2.54 bits per heavy atom. The number of likely N-dealkylation sites (tertiary alicyclic amines) is 1. The SMILES string of the molecule is Nc1cccc(CCN2CCC3(CC2)COCCN3c2ccccc2)c1. The quantitative estimate of drug-likeness (QED) is 0.859. The third-order valence-corrected chi connectivity index (χ3v) is 5.92. The number of ether oxygens (including phenoxy) is 1. The van der Waals surface area contributed by atoms with Gasteiger partial charge in [-0.1, -0.05) is 30.3 Å². The summed E-state index contributed by atoms with van der Waals surface area (Å²) in [6.45, 7) is 6.05. The molecule has 4 nitrogen and oxygen atoms in total. The van der Waals surface area contributed by atoms with E-state index in [9.17, 15) is 0 Å². The molecule has 0 bridgehead atoms. The average molecular weight is 351 g/mol. The minimum atomic E-state index is 0.160. The Labute approximate surface area is 156 Å². The number of hydrogen-bond acceptors (Lipinski definition) is 4. The zero-order chi connectivity index (χ0) is 17.8. The van der Waals surface area contributed by atoms with Crippen molar-refractivity contribution in [2.45, 2.75) is 24.8 Å². The Morgan fingerprint density at radius 1 is 0.962 bits per heavy atom. The number of benzene rings is 2. The standard InChI is InChI=1S/C22H29N3O/c23-20-6-4-5-19(17-20)9-12-24-13-10-22(11-14-24)18-26-16-15-25(22)21-7-2-1-3-8-21/h1-8,17H,9-16,18,23H2. The van der Waals surface area contributed by atoms with Crippen molar-refractivity contribution >= 4 is 11.4 Å². The lowest BCUT2D eigenvalue weighted by atomic mass is 9.84. The van der Waals surface area contributed by atoms with E-state index in [1.807, 2.05) is 12.1 Å². The molecule has 138 valence electrons. The van der Waals surface area contributed by atoms with Crippen LogP contribution in [0.4, 0.5) is 11.4 Å². The molecule has 2 aliphatic heterocycles. The number of nitrogens with zero attached hydrogens (tertiary/aromatic N) is 2. The first-order chi connectivity index (χ1) is 12.8. The van der Waals surface area contributed by atoms with Crippen LogP contribution in [0.25, 0.3) is 0 Å². The van der Waals surface area contributed by atoms with Crippen LogP contribution in [0.15, 0.2) is 54.6 Å². The van der Waals surface area contributed by atoms with Gasteiger partial charge in [0.25, 0.3) is 0 Å². The number of anilines is 2. The maximum atomic E-state index is 5.92. The van der Waals surface area contributed by atoms with E-state index in [4.69, 9.17) is 10.5 Å². The third-order valence-electron chi connectivity index (χ3n) is 5.92. The second kappa shape index (κ2) is 7.68. The van der Waals surface area contributed by atoms with Crippen LogP contribution in [-0.2, 0) is 11.2 Å². The fourth-order valence-corrected chi connectivity index (χ4v) is 4.39. The van der Waals surface area contributed by atoms with Gasteiger partial charge in [0.2, 0.25) is 0 Å². The predicted molar refractivity (Wildman–Crippen MR) is 108 cm³/mol. The van der Waals surface area contributed by atoms with Crippen molar-refractivity contribution in [1.29, 1.82) is 0 Å². The highest BCUT2D eigenvalue weighted by Crippen LogP contribution is 2.35. The fourth-order valence-electron chi connectivity index (χ4n) is 4.39. The van der Waals surface area contributed by atoms with Crippen molar-refractivity contribution < 1.29 is 4.74 Å². The van der Waals surface area contributed by atoms with Gasteiger partial charge in [-0.2, -0.15) is 0 Å². The summed E-state index contributed by atoms with van der Waals surface area (Å²) in [6, 6.07) is 19.1. The molecule has 2 N–H and O–H groups in total. The second-order valence-electron chi connectivity index (χ2n) is 7.60. The van der Waals surface area contributed by atoms with Gasteiger partial charge >= 0.3 is 0 Å². The summed E-state index contributed by atoms with van der Waals surface area (Å²) >= 11 is 0. The van der Waals surface area contributed by atoms with Gasteiger partial charge in [-0.3, -0.25) is 0 Å². The zero-order valence-corrected chi connectivity index (χ0v) is 15.4. The Morgan fingerprint density at radius 2 is 1.77 bits per heavy atom. The molecular weight excluding hydrogens is 322 g/mol. The zero-order valence-electron chi connectivity index (χ0n) is 15.4. The van der Waals surface area contributed by atoms with Gasteiger partial charge < -0.3 is 20.3 Å².